The van der Waals surface area contributed by atoms with Crippen LogP contribution in [0.5, 0.6) is 0 Å². The van der Waals surface area contributed by atoms with Gasteiger partial charge in [-0.25, -0.2) is 0 Å². The Kier molecular flexibility index (Phi) is 8.13. The number of nitriles is 1. The van der Waals surface area contributed by atoms with E-state index in [-0.39, 0.29) is 24.4 Å². The Labute approximate surface area is 312 Å². The normalized spacial score (nSPS) is 25.2. The molecule has 4 nitrogen and oxygen atoms in total. The van der Waals surface area contributed by atoms with Crippen LogP contribution in [0.3, 0.4) is 0 Å². The predicted octanol–water partition coefficient (Wildman–Crippen LogP) is 11.1. The van der Waals surface area contributed by atoms with Gasteiger partial charge in [0, 0.05) is 47.5 Å². The Morgan fingerprint density at radius 1 is 0.635 bits per heavy atom. The van der Waals surface area contributed by atoms with E-state index in [9.17, 15) is 5.26 Å². The van der Waals surface area contributed by atoms with Crippen LogP contribution in [0, 0.1) is 23.2 Å². The van der Waals surface area contributed by atoms with E-state index in [4.69, 9.17) is 0 Å². The number of nitrogens with zero attached hydrogens (tertiary/aromatic N) is 1. The van der Waals surface area contributed by atoms with E-state index >= 15 is 0 Å². The molecule has 3 aliphatic carbocycles. The predicted molar refractivity (Wildman–Crippen MR) is 219 cm³/mol. The maximum Gasteiger partial charge on any atom is 0.0991 e. The van der Waals surface area contributed by atoms with E-state index in [1.807, 2.05) is 22.7 Å². The number of rotatable bonds is 5. The van der Waals surface area contributed by atoms with Crippen LogP contribution in [-0.2, 0) is 0 Å². The molecule has 5 atom stereocenters. The van der Waals surface area contributed by atoms with E-state index in [1.54, 1.807) is 0 Å². The molecular weight excluding hydrogens is 673 g/mol. The summed E-state index contributed by atoms with van der Waals surface area (Å²) in [7, 11) is 0. The molecule has 52 heavy (non-hydrogen) atoms. The van der Waals surface area contributed by atoms with Crippen molar-refractivity contribution in [2.75, 3.05) is 0 Å². The van der Waals surface area contributed by atoms with E-state index in [1.165, 1.54) is 57.4 Å². The molecular formula is C46H38N4S2. The van der Waals surface area contributed by atoms with Crippen molar-refractivity contribution in [3.63, 3.8) is 0 Å². The van der Waals surface area contributed by atoms with Crippen molar-refractivity contribution in [2.24, 2.45) is 11.8 Å². The van der Waals surface area contributed by atoms with Crippen molar-refractivity contribution in [1.82, 2.24) is 16.0 Å². The minimum atomic E-state index is 0.00981. The Morgan fingerprint density at radius 2 is 1.40 bits per heavy atom. The molecule has 1 aliphatic heterocycles. The fourth-order valence-corrected chi connectivity index (χ4v) is 11.2. The van der Waals surface area contributed by atoms with Gasteiger partial charge in [0.25, 0.3) is 0 Å². The summed E-state index contributed by atoms with van der Waals surface area (Å²) in [6.45, 7) is 0. The van der Waals surface area contributed by atoms with E-state index < -0.39 is 0 Å². The van der Waals surface area contributed by atoms with Gasteiger partial charge in [-0.05, 0) is 82.8 Å². The molecule has 3 N–H and O–H groups in total. The van der Waals surface area contributed by atoms with Crippen molar-refractivity contribution in [1.29, 1.82) is 5.26 Å². The molecule has 254 valence electrons. The van der Waals surface area contributed by atoms with Gasteiger partial charge < -0.3 is 0 Å². The first-order valence-corrected chi connectivity index (χ1v) is 20.0. The van der Waals surface area contributed by atoms with Gasteiger partial charge in [-0.15, -0.1) is 22.7 Å². The molecule has 3 heterocycles. The number of fused-ring (bicyclic) bond motifs is 6. The average Bonchev–Trinajstić information content (AvgIpc) is 3.79. The highest BCUT2D eigenvalue weighted by Gasteiger charge is 2.35. The lowest BCUT2D eigenvalue weighted by atomic mass is 9.85. The van der Waals surface area contributed by atoms with Crippen LogP contribution >= 0.6 is 22.7 Å². The van der Waals surface area contributed by atoms with Gasteiger partial charge in [0.15, 0.2) is 0 Å². The monoisotopic (exact) mass is 710 g/mol. The van der Waals surface area contributed by atoms with E-state index in [2.05, 4.69) is 162 Å². The molecule has 1 fully saturated rings. The molecule has 0 radical (unpaired) electrons. The fraction of sp³-hybridized carbons (Fsp3) is 0.196. The minimum Gasteiger partial charge on any atom is -0.285 e. The lowest BCUT2D eigenvalue weighted by Crippen LogP contribution is -2.67. The highest BCUT2D eigenvalue weighted by Crippen LogP contribution is 2.46. The summed E-state index contributed by atoms with van der Waals surface area (Å²) in [5, 5.41) is 25.9. The van der Waals surface area contributed by atoms with E-state index in [0.717, 1.165) is 24.8 Å². The second-order valence-electron chi connectivity index (χ2n) is 14.4. The summed E-state index contributed by atoms with van der Waals surface area (Å²) in [6, 6.07) is 31.4. The summed E-state index contributed by atoms with van der Waals surface area (Å²) in [5.74, 6) is 1.00. The molecule has 10 rings (SSSR count). The summed E-state index contributed by atoms with van der Waals surface area (Å²) in [6.07, 6.45) is 25.8. The lowest BCUT2D eigenvalue weighted by Gasteiger charge is -2.44. The van der Waals surface area contributed by atoms with Gasteiger partial charge in [-0.2, -0.15) is 5.26 Å². The molecule has 1 saturated heterocycles. The number of benzene rings is 4. The molecule has 4 aromatic carbocycles. The highest BCUT2D eigenvalue weighted by atomic mass is 32.1. The van der Waals surface area contributed by atoms with Gasteiger partial charge in [0.05, 0.1) is 30.1 Å². The summed E-state index contributed by atoms with van der Waals surface area (Å²) >= 11 is 3.75. The molecule has 6 heteroatoms. The third-order valence-electron chi connectivity index (χ3n) is 11.2. The first kappa shape index (κ1) is 31.8. The zero-order valence-electron chi connectivity index (χ0n) is 28.6. The molecule has 0 amide bonds. The van der Waals surface area contributed by atoms with Crippen LogP contribution in [0.2, 0.25) is 0 Å². The van der Waals surface area contributed by atoms with Gasteiger partial charge in [0.2, 0.25) is 0 Å². The van der Waals surface area contributed by atoms with Crippen molar-refractivity contribution in [3.8, 4) is 17.2 Å². The molecule has 0 bridgehead atoms. The second-order valence-corrected chi connectivity index (χ2v) is 16.5. The molecule has 5 unspecified atom stereocenters. The minimum absolute atomic E-state index is 0.00981. The standard InChI is InChI=1S/C46H38N4S2/c47-27-28-23-32(34-16-9-18-37-36-15-7-8-20-40(36)51-42(34)37)25-33(24-28)35-17-10-19-38-39-26-31(21-22-41(39)52-43(35)38)46-49-44(29-11-3-1-4-12-29)48-45(50-46)30-13-5-2-6-14-30/h1-11,13,15,17-26,29-30,34,44-46,48-50H,12,14,16H2. The van der Waals surface area contributed by atoms with Crippen molar-refractivity contribution in [2.45, 2.75) is 43.7 Å². The SMILES string of the molecule is N#Cc1cc(-c2cccc3c2sc2ccc(C4NC(C5C=CC=CC5)NC(C5C=CC=CC5)N4)cc23)cc(C2CC=Cc3c2sc2ccccc32)c1. The first-order valence-electron chi connectivity index (χ1n) is 18.3. The molecule has 0 saturated carbocycles. The lowest BCUT2D eigenvalue weighted by molar-refractivity contribution is 0.144. The number of hydrogen-bond donors (Lipinski definition) is 3. The maximum atomic E-state index is 10.2. The summed E-state index contributed by atoms with van der Waals surface area (Å²) < 4.78 is 3.86. The summed E-state index contributed by atoms with van der Waals surface area (Å²) in [5.41, 5.74) is 6.80. The fourth-order valence-electron chi connectivity index (χ4n) is 8.60. The first-order chi connectivity index (χ1) is 25.7. The van der Waals surface area contributed by atoms with Crippen molar-refractivity contribution >= 4 is 59.0 Å². The zero-order chi connectivity index (χ0) is 34.6. The van der Waals surface area contributed by atoms with Crippen LogP contribution in [-0.4, -0.2) is 12.3 Å². The second kappa shape index (κ2) is 13.3. The zero-order valence-corrected chi connectivity index (χ0v) is 30.3. The van der Waals surface area contributed by atoms with Crippen LogP contribution in [0.4, 0.5) is 0 Å². The number of nitrogens with one attached hydrogen (secondary N) is 3. The Balaban J connectivity index is 1.02. The van der Waals surface area contributed by atoms with Gasteiger partial charge in [-0.1, -0.05) is 109 Å². The third-order valence-corrected chi connectivity index (χ3v) is 13.7. The van der Waals surface area contributed by atoms with Crippen molar-refractivity contribution in [3.05, 3.63) is 161 Å². The third kappa shape index (κ3) is 5.61. The quantitative estimate of drug-likeness (QED) is 0.167. The molecule has 6 aromatic rings. The Morgan fingerprint density at radius 3 is 2.17 bits per heavy atom. The van der Waals surface area contributed by atoms with Crippen LogP contribution in [0.25, 0.3) is 47.5 Å². The van der Waals surface area contributed by atoms with Gasteiger partial charge in [0.1, 0.15) is 0 Å². The summed E-state index contributed by atoms with van der Waals surface area (Å²) in [4.78, 5) is 1.40. The average molecular weight is 711 g/mol. The molecule has 2 aromatic heterocycles. The van der Waals surface area contributed by atoms with Crippen LogP contribution in [0.15, 0.2) is 134 Å². The maximum absolute atomic E-state index is 10.2. The topological polar surface area (TPSA) is 59.9 Å². The smallest absolute Gasteiger partial charge is 0.0991 e. The number of hydrogen-bond acceptors (Lipinski definition) is 6. The van der Waals surface area contributed by atoms with Crippen LogP contribution in [0.1, 0.15) is 58.5 Å². The number of allylic oxidation sites excluding steroid dienone is 7. The largest absolute Gasteiger partial charge is 0.285 e. The van der Waals surface area contributed by atoms with Gasteiger partial charge in [-0.3, -0.25) is 16.0 Å². The van der Waals surface area contributed by atoms with Crippen LogP contribution < -0.4 is 16.0 Å². The molecule has 4 aliphatic rings. The Bertz CT molecular complexity index is 2520. The molecule has 0 spiro atoms. The van der Waals surface area contributed by atoms with E-state index in [0.29, 0.717) is 17.4 Å². The number of thiophene rings is 2. The van der Waals surface area contributed by atoms with Gasteiger partial charge >= 0.3 is 0 Å². The van der Waals surface area contributed by atoms with Crippen molar-refractivity contribution < 1.29 is 0 Å². The Hall–Kier alpha value is -4.87. The highest BCUT2D eigenvalue weighted by molar-refractivity contribution is 7.26.